The van der Waals surface area contributed by atoms with Crippen LogP contribution < -0.4 is 0 Å². The summed E-state index contributed by atoms with van der Waals surface area (Å²) in [5.74, 6) is -1.70. The normalized spacial score (nSPS) is 17.9. The highest BCUT2D eigenvalue weighted by Gasteiger charge is 2.38. The largest absolute Gasteiger partial charge is 0.481 e. The van der Waals surface area contributed by atoms with E-state index in [2.05, 4.69) is 0 Å². The topological polar surface area (TPSA) is 57.6 Å². The van der Waals surface area contributed by atoms with Crippen LogP contribution in [0.5, 0.6) is 0 Å². The zero-order valence-corrected chi connectivity index (χ0v) is 11.6. The second kappa shape index (κ2) is 5.23. The molecular formula is C15H18FNO3. The minimum atomic E-state index is -0.841. The van der Waals surface area contributed by atoms with Gasteiger partial charge in [-0.15, -0.1) is 0 Å². The maximum absolute atomic E-state index is 13.9. The van der Waals surface area contributed by atoms with Gasteiger partial charge in [-0.3, -0.25) is 9.59 Å². The summed E-state index contributed by atoms with van der Waals surface area (Å²) in [6, 6.07) is 4.73. The molecule has 0 unspecified atom stereocenters. The molecule has 1 aliphatic rings. The Kier molecular flexibility index (Phi) is 3.79. The zero-order chi connectivity index (χ0) is 14.9. The number of likely N-dealkylation sites (tertiary alicyclic amines) is 1. The summed E-state index contributed by atoms with van der Waals surface area (Å²) in [6.45, 7) is 3.98. The number of piperidine rings is 1. The number of aryl methyl sites for hydroxylation is 1. The van der Waals surface area contributed by atoms with Crippen LogP contribution in [0.25, 0.3) is 0 Å². The molecule has 0 atom stereocenters. The van der Waals surface area contributed by atoms with E-state index < -0.39 is 17.2 Å². The molecule has 1 N–H and O–H groups in total. The highest BCUT2D eigenvalue weighted by Crippen LogP contribution is 2.31. The van der Waals surface area contributed by atoms with Crippen LogP contribution in [0.1, 0.15) is 35.7 Å². The number of carbonyl (C=O) groups is 2. The monoisotopic (exact) mass is 279 g/mol. The fourth-order valence-corrected chi connectivity index (χ4v) is 2.40. The molecule has 1 fully saturated rings. The summed E-state index contributed by atoms with van der Waals surface area (Å²) < 4.78 is 13.9. The number of carbonyl (C=O) groups excluding carboxylic acids is 1. The number of nitrogens with zero attached hydrogens (tertiary/aromatic N) is 1. The molecule has 20 heavy (non-hydrogen) atoms. The average Bonchev–Trinajstić information content (AvgIpc) is 2.42. The van der Waals surface area contributed by atoms with E-state index in [0.29, 0.717) is 31.5 Å². The Bertz CT molecular complexity index is 548. The van der Waals surface area contributed by atoms with Crippen molar-refractivity contribution in [3.8, 4) is 0 Å². The van der Waals surface area contributed by atoms with E-state index >= 15 is 0 Å². The molecule has 0 saturated carbocycles. The first-order chi connectivity index (χ1) is 9.35. The van der Waals surface area contributed by atoms with Crippen molar-refractivity contribution in [3.05, 3.63) is 35.1 Å². The molecule has 0 radical (unpaired) electrons. The summed E-state index contributed by atoms with van der Waals surface area (Å²) in [6.07, 6.45) is 0.781. The number of benzene rings is 1. The lowest BCUT2D eigenvalue weighted by Crippen LogP contribution is -2.45. The van der Waals surface area contributed by atoms with E-state index in [9.17, 15) is 14.0 Å². The number of carboxylic acid groups (broad SMARTS) is 1. The first-order valence-corrected chi connectivity index (χ1v) is 6.63. The van der Waals surface area contributed by atoms with Crippen LogP contribution in [0, 0.1) is 18.2 Å². The number of halogens is 1. The van der Waals surface area contributed by atoms with Crippen molar-refractivity contribution in [2.24, 2.45) is 5.41 Å². The SMILES string of the molecule is Cc1cccc(C(=O)N2CCC(C)(C(=O)O)CC2)c1F. The predicted octanol–water partition coefficient (Wildman–Crippen LogP) is 2.46. The maximum Gasteiger partial charge on any atom is 0.309 e. The lowest BCUT2D eigenvalue weighted by molar-refractivity contribution is -0.150. The molecule has 1 saturated heterocycles. The second-order valence-electron chi connectivity index (χ2n) is 5.59. The Morgan fingerprint density at radius 3 is 2.45 bits per heavy atom. The van der Waals surface area contributed by atoms with Gasteiger partial charge in [0.1, 0.15) is 5.82 Å². The number of aliphatic carboxylic acids is 1. The smallest absolute Gasteiger partial charge is 0.309 e. The van der Waals surface area contributed by atoms with Gasteiger partial charge in [-0.2, -0.15) is 0 Å². The molecule has 1 aromatic rings. The summed E-state index contributed by atoms with van der Waals surface area (Å²) in [5.41, 5.74) is -0.297. The maximum atomic E-state index is 13.9. The van der Waals surface area contributed by atoms with Crippen molar-refractivity contribution in [1.82, 2.24) is 4.90 Å². The van der Waals surface area contributed by atoms with Crippen LogP contribution >= 0.6 is 0 Å². The molecule has 2 rings (SSSR count). The fraction of sp³-hybridized carbons (Fsp3) is 0.467. The summed E-state index contributed by atoms with van der Waals surface area (Å²) >= 11 is 0. The molecular weight excluding hydrogens is 261 g/mol. The van der Waals surface area contributed by atoms with Crippen molar-refractivity contribution >= 4 is 11.9 Å². The number of rotatable bonds is 2. The molecule has 1 heterocycles. The third-order valence-corrected chi connectivity index (χ3v) is 4.09. The van der Waals surface area contributed by atoms with Gasteiger partial charge < -0.3 is 10.0 Å². The average molecular weight is 279 g/mol. The lowest BCUT2D eigenvalue weighted by atomic mass is 9.80. The van der Waals surface area contributed by atoms with Crippen molar-refractivity contribution in [1.29, 1.82) is 0 Å². The predicted molar refractivity (Wildman–Crippen MR) is 72.0 cm³/mol. The molecule has 0 aromatic heterocycles. The quantitative estimate of drug-likeness (QED) is 0.904. The summed E-state index contributed by atoms with van der Waals surface area (Å²) in [5, 5.41) is 9.16. The first-order valence-electron chi connectivity index (χ1n) is 6.63. The molecule has 0 bridgehead atoms. The molecule has 0 spiro atoms. The number of carboxylic acids is 1. The first kappa shape index (κ1) is 14.5. The van der Waals surface area contributed by atoms with Crippen LogP contribution in [0.4, 0.5) is 4.39 Å². The number of hydrogen-bond acceptors (Lipinski definition) is 2. The summed E-state index contributed by atoms with van der Waals surface area (Å²) in [4.78, 5) is 25.0. The van der Waals surface area contributed by atoms with E-state index in [1.54, 1.807) is 26.0 Å². The fourth-order valence-electron chi connectivity index (χ4n) is 2.40. The van der Waals surface area contributed by atoms with Crippen molar-refractivity contribution in [2.75, 3.05) is 13.1 Å². The third kappa shape index (κ3) is 2.53. The van der Waals surface area contributed by atoms with Crippen LogP contribution in [0.2, 0.25) is 0 Å². The molecule has 4 nitrogen and oxygen atoms in total. The lowest BCUT2D eigenvalue weighted by Gasteiger charge is -2.36. The Labute approximate surface area is 117 Å². The van der Waals surface area contributed by atoms with Gasteiger partial charge in [0.2, 0.25) is 0 Å². The van der Waals surface area contributed by atoms with Crippen molar-refractivity contribution in [2.45, 2.75) is 26.7 Å². The van der Waals surface area contributed by atoms with E-state index in [1.807, 2.05) is 0 Å². The minimum absolute atomic E-state index is 0.0592. The molecule has 1 aromatic carbocycles. The third-order valence-electron chi connectivity index (χ3n) is 4.09. The molecule has 108 valence electrons. The van der Waals surface area contributed by atoms with Crippen molar-refractivity contribution < 1.29 is 19.1 Å². The van der Waals surface area contributed by atoms with Crippen LogP contribution in [0.15, 0.2) is 18.2 Å². The molecule has 5 heteroatoms. The highest BCUT2D eigenvalue weighted by molar-refractivity contribution is 5.95. The van der Waals surface area contributed by atoms with Gasteiger partial charge in [0.05, 0.1) is 11.0 Å². The standard InChI is InChI=1S/C15H18FNO3/c1-10-4-3-5-11(12(10)16)13(18)17-8-6-15(2,7-9-17)14(19)20/h3-5H,6-9H2,1-2H3,(H,19,20). The van der Waals surface area contributed by atoms with Gasteiger partial charge in [-0.1, -0.05) is 12.1 Å². The molecule has 1 aliphatic heterocycles. The van der Waals surface area contributed by atoms with Gasteiger partial charge in [-0.05, 0) is 38.3 Å². The van der Waals surface area contributed by atoms with E-state index in [1.165, 1.54) is 11.0 Å². The number of hydrogen-bond donors (Lipinski definition) is 1. The Morgan fingerprint density at radius 2 is 1.90 bits per heavy atom. The highest BCUT2D eigenvalue weighted by atomic mass is 19.1. The van der Waals surface area contributed by atoms with Gasteiger partial charge >= 0.3 is 5.97 Å². The van der Waals surface area contributed by atoms with Gasteiger partial charge in [0.25, 0.3) is 5.91 Å². The van der Waals surface area contributed by atoms with E-state index in [4.69, 9.17) is 5.11 Å². The van der Waals surface area contributed by atoms with Crippen LogP contribution in [-0.4, -0.2) is 35.0 Å². The van der Waals surface area contributed by atoms with Gasteiger partial charge in [-0.25, -0.2) is 4.39 Å². The van der Waals surface area contributed by atoms with Crippen LogP contribution in [-0.2, 0) is 4.79 Å². The molecule has 1 amide bonds. The second-order valence-corrected chi connectivity index (χ2v) is 5.59. The molecule has 0 aliphatic carbocycles. The van der Waals surface area contributed by atoms with Gasteiger partial charge in [0.15, 0.2) is 0 Å². The Balaban J connectivity index is 2.13. The van der Waals surface area contributed by atoms with Crippen LogP contribution in [0.3, 0.4) is 0 Å². The van der Waals surface area contributed by atoms with E-state index in [0.717, 1.165) is 0 Å². The minimum Gasteiger partial charge on any atom is -0.481 e. The number of amides is 1. The van der Waals surface area contributed by atoms with Crippen molar-refractivity contribution in [3.63, 3.8) is 0 Å². The summed E-state index contributed by atoms with van der Waals surface area (Å²) in [7, 11) is 0. The Morgan fingerprint density at radius 1 is 1.30 bits per heavy atom. The van der Waals surface area contributed by atoms with E-state index in [-0.39, 0.29) is 11.5 Å². The zero-order valence-electron chi connectivity index (χ0n) is 11.6. The van der Waals surface area contributed by atoms with Gasteiger partial charge in [0, 0.05) is 13.1 Å². The Hall–Kier alpha value is -1.91.